The lowest BCUT2D eigenvalue weighted by molar-refractivity contribution is 0.411. The first-order valence-corrected chi connectivity index (χ1v) is 8.81. The predicted molar refractivity (Wildman–Crippen MR) is 87.2 cm³/mol. The molecule has 0 radical (unpaired) electrons. The quantitative estimate of drug-likeness (QED) is 0.727. The fourth-order valence-corrected chi connectivity index (χ4v) is 3.79. The maximum absolute atomic E-state index is 12.6. The van der Waals surface area contributed by atoms with Gasteiger partial charge in [0.2, 0.25) is 20.7 Å². The average Bonchev–Trinajstić information content (AvgIpc) is 3.11. The maximum Gasteiger partial charge on any atom is 0.229 e. The van der Waals surface area contributed by atoms with Crippen LogP contribution in [0.1, 0.15) is 23.6 Å². The normalized spacial score (nSPS) is 14.2. The van der Waals surface area contributed by atoms with Gasteiger partial charge in [-0.3, -0.25) is 9.97 Å². The van der Waals surface area contributed by atoms with E-state index in [1.807, 2.05) is 6.07 Å². The number of primary sulfonamides is 1. The third kappa shape index (κ3) is 2.93. The van der Waals surface area contributed by atoms with Crippen LogP contribution in [0, 0.1) is 0 Å². The molecule has 0 bridgehead atoms. The van der Waals surface area contributed by atoms with Crippen molar-refractivity contribution in [2.45, 2.75) is 17.6 Å². The summed E-state index contributed by atoms with van der Waals surface area (Å²) in [7, 11) is -4.11. The molecule has 0 aliphatic carbocycles. The lowest BCUT2D eigenvalue weighted by Crippen LogP contribution is -2.43. The van der Waals surface area contributed by atoms with E-state index in [2.05, 4.69) is 15.0 Å². The van der Waals surface area contributed by atoms with Crippen molar-refractivity contribution in [1.29, 1.82) is 0 Å². The number of aromatic nitrogens is 3. The van der Waals surface area contributed by atoms with E-state index in [1.54, 1.807) is 36.7 Å². The fourth-order valence-electron chi connectivity index (χ4n) is 2.65. The Morgan fingerprint density at radius 2 is 1.96 bits per heavy atom. The molecule has 1 unspecified atom stereocenters. The number of aryl methyl sites for hydroxylation is 1. The highest BCUT2D eigenvalue weighted by atomic mass is 32.2. The van der Waals surface area contributed by atoms with E-state index in [9.17, 15) is 8.42 Å². The van der Waals surface area contributed by atoms with Crippen molar-refractivity contribution in [3.05, 3.63) is 78.5 Å². The first-order valence-electron chi connectivity index (χ1n) is 7.27. The summed E-state index contributed by atoms with van der Waals surface area (Å²) in [5, 5.41) is 5.62. The van der Waals surface area contributed by atoms with Crippen molar-refractivity contribution in [3.8, 4) is 0 Å². The van der Waals surface area contributed by atoms with E-state index in [1.165, 1.54) is 18.7 Å². The van der Waals surface area contributed by atoms with Gasteiger partial charge in [-0.05, 0) is 36.6 Å². The third-order valence-electron chi connectivity index (χ3n) is 3.83. The minimum Gasteiger partial charge on any atom is -0.447 e. The molecule has 124 valence electrons. The Bertz CT molecular complexity index is 884. The van der Waals surface area contributed by atoms with Crippen molar-refractivity contribution in [3.63, 3.8) is 0 Å². The highest BCUT2D eigenvalue weighted by molar-refractivity contribution is 7.90. The number of hydrogen-bond acceptors (Lipinski definition) is 6. The van der Waals surface area contributed by atoms with E-state index in [4.69, 9.17) is 9.56 Å². The smallest absolute Gasteiger partial charge is 0.229 e. The van der Waals surface area contributed by atoms with E-state index in [0.717, 1.165) is 5.56 Å². The lowest BCUT2D eigenvalue weighted by Gasteiger charge is -2.27. The monoisotopic (exact) mass is 344 g/mol. The molecule has 3 heterocycles. The zero-order valence-electron chi connectivity index (χ0n) is 12.7. The molecular weight excluding hydrogens is 328 g/mol. The summed E-state index contributed by atoms with van der Waals surface area (Å²) >= 11 is 0. The highest BCUT2D eigenvalue weighted by Gasteiger charge is 2.50. The van der Waals surface area contributed by atoms with Crippen molar-refractivity contribution in [2.24, 2.45) is 5.14 Å². The first-order chi connectivity index (χ1) is 11.5. The minimum atomic E-state index is -4.11. The van der Waals surface area contributed by atoms with E-state index in [-0.39, 0.29) is 18.0 Å². The SMILES string of the molecule is NS(=O)(=O)C(CCc1cccnc1)(c1ccccn1)c1ncco1. The fraction of sp³-hybridized carbons (Fsp3) is 0.188. The van der Waals surface area contributed by atoms with Gasteiger partial charge in [-0.25, -0.2) is 18.5 Å². The Morgan fingerprint density at radius 3 is 2.54 bits per heavy atom. The summed E-state index contributed by atoms with van der Waals surface area (Å²) in [6.07, 6.45) is 8.12. The summed E-state index contributed by atoms with van der Waals surface area (Å²) < 4.78 is 28.9. The number of nitrogens with two attached hydrogens (primary N) is 1. The minimum absolute atomic E-state index is 0.00703. The zero-order valence-corrected chi connectivity index (χ0v) is 13.6. The molecular formula is C16H16N4O3S. The Morgan fingerprint density at radius 1 is 1.08 bits per heavy atom. The van der Waals surface area contributed by atoms with Crippen LogP contribution in [0.15, 0.2) is 65.8 Å². The van der Waals surface area contributed by atoms with Gasteiger partial charge in [0.05, 0.1) is 11.9 Å². The van der Waals surface area contributed by atoms with Crippen molar-refractivity contribution in [2.75, 3.05) is 0 Å². The Kier molecular flexibility index (Phi) is 4.41. The second kappa shape index (κ2) is 6.50. The summed E-state index contributed by atoms with van der Waals surface area (Å²) in [6, 6.07) is 8.68. The molecule has 0 fully saturated rings. The Hall–Kier alpha value is -2.58. The highest BCUT2D eigenvalue weighted by Crippen LogP contribution is 2.38. The number of pyridine rings is 2. The molecule has 0 saturated carbocycles. The predicted octanol–water partition coefficient (Wildman–Crippen LogP) is 1.63. The van der Waals surface area contributed by atoms with Crippen LogP contribution in [0.25, 0.3) is 0 Å². The standard InChI is InChI=1S/C16H16N4O3S/c17-24(21,22)16(15-20-10-11-23-15,14-5-1-2-9-19-14)7-6-13-4-3-8-18-12-13/h1-5,8-12H,6-7H2,(H2,17,21,22). The molecule has 3 aromatic heterocycles. The largest absolute Gasteiger partial charge is 0.447 e. The van der Waals surface area contributed by atoms with Gasteiger partial charge in [0, 0.05) is 18.6 Å². The molecule has 1 atom stereocenters. The van der Waals surface area contributed by atoms with E-state index >= 15 is 0 Å². The van der Waals surface area contributed by atoms with Crippen LogP contribution >= 0.6 is 0 Å². The third-order valence-corrected chi connectivity index (χ3v) is 5.39. The molecule has 0 amide bonds. The molecule has 0 aliphatic heterocycles. The summed E-state index contributed by atoms with van der Waals surface area (Å²) in [4.78, 5) is 12.3. The van der Waals surface area contributed by atoms with Gasteiger partial charge in [-0.15, -0.1) is 0 Å². The van der Waals surface area contributed by atoms with Crippen LogP contribution in [0.4, 0.5) is 0 Å². The molecule has 0 aromatic carbocycles. The van der Waals surface area contributed by atoms with Crippen LogP contribution in [0.5, 0.6) is 0 Å². The number of rotatable bonds is 6. The number of oxazole rings is 1. The molecule has 0 spiro atoms. The van der Waals surface area contributed by atoms with E-state index < -0.39 is 14.8 Å². The molecule has 8 heteroatoms. The van der Waals surface area contributed by atoms with Gasteiger partial charge in [0.15, 0.2) is 0 Å². The van der Waals surface area contributed by atoms with Crippen molar-refractivity contribution in [1.82, 2.24) is 15.0 Å². The zero-order chi connectivity index (χ0) is 17.0. The van der Waals surface area contributed by atoms with Crippen molar-refractivity contribution < 1.29 is 12.8 Å². The lowest BCUT2D eigenvalue weighted by atomic mass is 9.95. The molecule has 7 nitrogen and oxygen atoms in total. The molecule has 0 saturated heterocycles. The Balaban J connectivity index is 2.12. The maximum atomic E-state index is 12.6. The molecule has 2 N–H and O–H groups in total. The number of nitrogens with zero attached hydrogens (tertiary/aromatic N) is 3. The van der Waals surface area contributed by atoms with Gasteiger partial charge in [0.25, 0.3) is 0 Å². The van der Waals surface area contributed by atoms with Crippen LogP contribution < -0.4 is 5.14 Å². The summed E-state index contributed by atoms with van der Waals surface area (Å²) in [6.45, 7) is 0. The van der Waals surface area contributed by atoms with Crippen molar-refractivity contribution >= 4 is 10.0 Å². The van der Waals surface area contributed by atoms with Gasteiger partial charge in [-0.1, -0.05) is 12.1 Å². The van der Waals surface area contributed by atoms with E-state index in [0.29, 0.717) is 6.42 Å². The topological polar surface area (TPSA) is 112 Å². The second-order valence-electron chi connectivity index (χ2n) is 5.29. The molecule has 3 aromatic rings. The molecule has 0 aliphatic rings. The molecule has 24 heavy (non-hydrogen) atoms. The average molecular weight is 344 g/mol. The summed E-state index contributed by atoms with van der Waals surface area (Å²) in [5.41, 5.74) is 1.16. The van der Waals surface area contributed by atoms with Gasteiger partial charge < -0.3 is 4.42 Å². The van der Waals surface area contributed by atoms with Gasteiger partial charge >= 0.3 is 0 Å². The van der Waals surface area contributed by atoms with Gasteiger partial charge in [0.1, 0.15) is 6.26 Å². The van der Waals surface area contributed by atoms with Crippen LogP contribution in [0.3, 0.4) is 0 Å². The number of hydrogen-bond donors (Lipinski definition) is 1. The summed E-state index contributed by atoms with van der Waals surface area (Å²) in [5.74, 6) is 0.00703. The number of sulfonamides is 1. The first kappa shape index (κ1) is 16.3. The molecule has 3 rings (SSSR count). The van der Waals surface area contributed by atoms with Crippen LogP contribution in [-0.2, 0) is 21.2 Å². The van der Waals surface area contributed by atoms with Crippen LogP contribution in [0.2, 0.25) is 0 Å². The van der Waals surface area contributed by atoms with Crippen LogP contribution in [-0.4, -0.2) is 23.4 Å². The second-order valence-corrected chi connectivity index (χ2v) is 7.07. The van der Waals surface area contributed by atoms with Gasteiger partial charge in [-0.2, -0.15) is 0 Å². The Labute approximate surface area is 139 Å².